The van der Waals surface area contributed by atoms with E-state index in [2.05, 4.69) is 12.1 Å². The van der Waals surface area contributed by atoms with Gasteiger partial charge >= 0.3 is 0 Å². The molecule has 0 aliphatic carbocycles. The molecule has 2 aromatic rings. The standard InChI is InChI=1S/C20H25N3O3S2/c1-16(20(24)22-9-8-17-5-2-3-6-18(17)15-22)21-10-12-23(13-11-21)28(25,26)19-7-4-14-27-19/h2-7,14,16H,8-13,15H2,1H3/p+1/t16-/m1/s1. The van der Waals surface area contributed by atoms with Gasteiger partial charge in [-0.05, 0) is 35.9 Å². The Kier molecular flexibility index (Phi) is 5.55. The molecule has 6 nitrogen and oxygen atoms in total. The Morgan fingerprint density at radius 2 is 1.79 bits per heavy atom. The molecule has 0 radical (unpaired) electrons. The van der Waals surface area contributed by atoms with E-state index < -0.39 is 10.0 Å². The monoisotopic (exact) mass is 420 g/mol. The molecule has 2 aliphatic rings. The van der Waals surface area contributed by atoms with E-state index in [-0.39, 0.29) is 11.9 Å². The summed E-state index contributed by atoms with van der Waals surface area (Å²) in [6.07, 6.45) is 0.900. The predicted octanol–water partition coefficient (Wildman–Crippen LogP) is 0.611. The molecule has 1 atom stereocenters. The van der Waals surface area contributed by atoms with Crippen molar-refractivity contribution in [1.82, 2.24) is 9.21 Å². The molecule has 4 rings (SSSR count). The number of piperazine rings is 1. The lowest BCUT2D eigenvalue weighted by atomic mass is 9.99. The maximum Gasteiger partial charge on any atom is 0.280 e. The van der Waals surface area contributed by atoms with Crippen molar-refractivity contribution in [3.05, 3.63) is 52.9 Å². The Balaban J connectivity index is 1.36. The fourth-order valence-electron chi connectivity index (χ4n) is 4.12. The fourth-order valence-corrected chi connectivity index (χ4v) is 6.70. The number of rotatable bonds is 4. The summed E-state index contributed by atoms with van der Waals surface area (Å²) in [5, 5.41) is 1.78. The van der Waals surface area contributed by atoms with Gasteiger partial charge < -0.3 is 9.80 Å². The van der Waals surface area contributed by atoms with Gasteiger partial charge in [0.1, 0.15) is 4.21 Å². The molecular formula is C20H26N3O3S2+. The molecular weight excluding hydrogens is 394 g/mol. The van der Waals surface area contributed by atoms with Gasteiger partial charge in [-0.1, -0.05) is 30.3 Å². The Morgan fingerprint density at radius 3 is 2.46 bits per heavy atom. The van der Waals surface area contributed by atoms with Crippen LogP contribution in [0.15, 0.2) is 46.0 Å². The van der Waals surface area contributed by atoms with Gasteiger partial charge in [0.15, 0.2) is 6.04 Å². The highest BCUT2D eigenvalue weighted by Gasteiger charge is 2.36. The lowest BCUT2D eigenvalue weighted by Gasteiger charge is -2.37. The van der Waals surface area contributed by atoms with Crippen molar-refractivity contribution in [3.8, 4) is 0 Å². The average molecular weight is 421 g/mol. The first kappa shape index (κ1) is 19.6. The van der Waals surface area contributed by atoms with E-state index in [1.165, 1.54) is 27.4 Å². The number of quaternary nitrogens is 1. The van der Waals surface area contributed by atoms with Crippen LogP contribution in [0.25, 0.3) is 0 Å². The number of benzene rings is 1. The van der Waals surface area contributed by atoms with E-state index in [9.17, 15) is 13.2 Å². The summed E-state index contributed by atoms with van der Waals surface area (Å²) in [7, 11) is -3.40. The number of fused-ring (bicyclic) bond motifs is 1. The Labute approximate surface area is 170 Å². The molecule has 0 spiro atoms. The third-order valence-electron chi connectivity index (χ3n) is 5.88. The highest BCUT2D eigenvalue weighted by atomic mass is 32.2. The minimum atomic E-state index is -3.40. The van der Waals surface area contributed by atoms with E-state index >= 15 is 0 Å². The third kappa shape index (κ3) is 3.74. The molecule has 28 heavy (non-hydrogen) atoms. The number of carbonyl (C=O) groups excluding carboxylic acids is 1. The van der Waals surface area contributed by atoms with E-state index in [1.807, 2.05) is 24.0 Å². The number of thiophene rings is 1. The zero-order valence-corrected chi connectivity index (χ0v) is 17.6. The van der Waals surface area contributed by atoms with Gasteiger partial charge in [-0.15, -0.1) is 11.3 Å². The van der Waals surface area contributed by atoms with E-state index in [0.717, 1.165) is 13.0 Å². The Bertz CT molecular complexity index is 935. The predicted molar refractivity (Wildman–Crippen MR) is 109 cm³/mol. The van der Waals surface area contributed by atoms with Gasteiger partial charge in [-0.25, -0.2) is 8.42 Å². The molecule has 0 bridgehead atoms. The molecule has 3 heterocycles. The maximum absolute atomic E-state index is 13.0. The zero-order chi connectivity index (χ0) is 19.7. The minimum absolute atomic E-state index is 0.156. The first-order chi connectivity index (χ1) is 13.5. The Morgan fingerprint density at radius 1 is 1.07 bits per heavy atom. The van der Waals surface area contributed by atoms with Crippen molar-refractivity contribution in [2.45, 2.75) is 30.1 Å². The van der Waals surface area contributed by atoms with E-state index in [4.69, 9.17) is 0 Å². The summed E-state index contributed by atoms with van der Waals surface area (Å²) in [5.41, 5.74) is 2.56. The largest absolute Gasteiger partial charge is 0.333 e. The number of carbonyl (C=O) groups is 1. The molecule has 8 heteroatoms. The quantitative estimate of drug-likeness (QED) is 0.789. The molecule has 2 aliphatic heterocycles. The van der Waals surface area contributed by atoms with Crippen LogP contribution in [-0.4, -0.2) is 62.3 Å². The molecule has 0 saturated carbocycles. The number of amides is 1. The van der Waals surface area contributed by atoms with Crippen molar-refractivity contribution in [3.63, 3.8) is 0 Å². The summed E-state index contributed by atoms with van der Waals surface area (Å²) < 4.78 is 27.3. The smallest absolute Gasteiger partial charge is 0.280 e. The second-order valence-electron chi connectivity index (χ2n) is 7.49. The number of nitrogens with zero attached hydrogens (tertiary/aromatic N) is 2. The summed E-state index contributed by atoms with van der Waals surface area (Å²) in [6.45, 7) is 5.62. The maximum atomic E-state index is 13.0. The molecule has 1 aromatic heterocycles. The molecule has 1 fully saturated rings. The van der Waals surface area contributed by atoms with Crippen LogP contribution in [0.4, 0.5) is 0 Å². The van der Waals surface area contributed by atoms with Gasteiger partial charge in [0.2, 0.25) is 0 Å². The van der Waals surface area contributed by atoms with Crippen LogP contribution in [0.2, 0.25) is 0 Å². The van der Waals surface area contributed by atoms with Gasteiger partial charge in [-0.3, -0.25) is 4.79 Å². The van der Waals surface area contributed by atoms with Gasteiger partial charge in [-0.2, -0.15) is 4.31 Å². The summed E-state index contributed by atoms with van der Waals surface area (Å²) >= 11 is 1.25. The highest BCUT2D eigenvalue weighted by molar-refractivity contribution is 7.91. The second-order valence-corrected chi connectivity index (χ2v) is 10.6. The Hall–Kier alpha value is -1.74. The first-order valence-electron chi connectivity index (χ1n) is 9.70. The lowest BCUT2D eigenvalue weighted by Crippen LogP contribution is -3.19. The summed E-state index contributed by atoms with van der Waals surface area (Å²) in [5.74, 6) is 0.166. The highest BCUT2D eigenvalue weighted by Crippen LogP contribution is 2.21. The van der Waals surface area contributed by atoms with Crippen LogP contribution in [0.1, 0.15) is 18.1 Å². The fraction of sp³-hybridized carbons (Fsp3) is 0.450. The number of sulfonamides is 1. The molecule has 1 N–H and O–H groups in total. The van der Waals surface area contributed by atoms with Crippen LogP contribution in [-0.2, 0) is 27.8 Å². The van der Waals surface area contributed by atoms with Crippen molar-refractivity contribution in [2.24, 2.45) is 0 Å². The van der Waals surface area contributed by atoms with Crippen LogP contribution in [0.5, 0.6) is 0 Å². The average Bonchev–Trinajstić information content (AvgIpc) is 3.28. The third-order valence-corrected chi connectivity index (χ3v) is 9.15. The number of nitrogens with one attached hydrogen (secondary N) is 1. The van der Waals surface area contributed by atoms with Crippen molar-refractivity contribution in [2.75, 3.05) is 32.7 Å². The normalized spacial score (nSPS) is 20.0. The van der Waals surface area contributed by atoms with Crippen molar-refractivity contribution < 1.29 is 18.1 Å². The SMILES string of the molecule is C[C@H](C(=O)N1CCc2ccccc2C1)[NH+]1CCN(S(=O)(=O)c2cccs2)CC1. The zero-order valence-electron chi connectivity index (χ0n) is 16.0. The number of hydrogen-bond acceptors (Lipinski definition) is 4. The van der Waals surface area contributed by atoms with Crippen molar-refractivity contribution in [1.29, 1.82) is 0 Å². The van der Waals surface area contributed by atoms with Crippen LogP contribution in [0.3, 0.4) is 0 Å². The van der Waals surface area contributed by atoms with Crippen LogP contribution >= 0.6 is 11.3 Å². The summed E-state index contributed by atoms with van der Waals surface area (Å²) in [4.78, 5) is 16.2. The molecule has 1 saturated heterocycles. The van der Waals surface area contributed by atoms with Crippen LogP contribution < -0.4 is 4.90 Å². The molecule has 150 valence electrons. The first-order valence-corrected chi connectivity index (χ1v) is 12.0. The second kappa shape index (κ2) is 7.94. The van der Waals surface area contributed by atoms with Gasteiger partial charge in [0, 0.05) is 13.1 Å². The van der Waals surface area contributed by atoms with Crippen LogP contribution in [0, 0.1) is 0 Å². The van der Waals surface area contributed by atoms with Gasteiger partial charge in [0.05, 0.1) is 26.2 Å². The topological polar surface area (TPSA) is 62.1 Å². The van der Waals surface area contributed by atoms with Gasteiger partial charge in [0.25, 0.3) is 15.9 Å². The molecule has 0 unspecified atom stereocenters. The minimum Gasteiger partial charge on any atom is -0.333 e. The summed E-state index contributed by atoms with van der Waals surface area (Å²) in [6, 6.07) is 11.6. The molecule has 1 amide bonds. The van der Waals surface area contributed by atoms with E-state index in [0.29, 0.717) is 36.9 Å². The number of hydrogen-bond donors (Lipinski definition) is 1. The van der Waals surface area contributed by atoms with E-state index in [1.54, 1.807) is 21.8 Å². The van der Waals surface area contributed by atoms with Crippen molar-refractivity contribution >= 4 is 27.3 Å². The molecule has 1 aromatic carbocycles. The lowest BCUT2D eigenvalue weighted by molar-refractivity contribution is -0.918.